The number of esters is 1. The zero-order valence-electron chi connectivity index (χ0n) is 12.8. The van der Waals surface area contributed by atoms with Crippen LogP contribution in [0.3, 0.4) is 0 Å². The molecule has 0 aliphatic heterocycles. The van der Waals surface area contributed by atoms with E-state index in [4.69, 9.17) is 9.47 Å². The fourth-order valence-electron chi connectivity index (χ4n) is 1.41. The molecule has 0 radical (unpaired) electrons. The maximum Gasteiger partial charge on any atom is 1.00 e. The summed E-state index contributed by atoms with van der Waals surface area (Å²) < 4.78 is 9.92. The zero-order chi connectivity index (χ0) is 14.3. The maximum atomic E-state index is 11.3. The van der Waals surface area contributed by atoms with Crippen molar-refractivity contribution in [3.63, 3.8) is 0 Å². The van der Waals surface area contributed by atoms with Crippen LogP contribution < -0.4 is 61.4 Å². The molecule has 1 aromatic rings. The number of nitrogens with one attached hydrogen (secondary N) is 1. The average Bonchev–Trinajstić information content (AvgIpc) is 2.36. The number of rotatable bonds is 7. The summed E-state index contributed by atoms with van der Waals surface area (Å²) in [5.74, 6) is 0.702. The molecule has 1 aromatic heterocycles. The minimum Gasteiger partial charge on any atom is -0.500 e. The van der Waals surface area contributed by atoms with Crippen LogP contribution in [0.2, 0.25) is 0 Å². The van der Waals surface area contributed by atoms with E-state index >= 15 is 0 Å². The van der Waals surface area contributed by atoms with Crippen molar-refractivity contribution >= 4 is 17.5 Å². The summed E-state index contributed by atoms with van der Waals surface area (Å²) in [5.41, 5.74) is 0.683. The quantitative estimate of drug-likeness (QED) is 0.542. The molecule has 7 heteroatoms. The first-order valence-corrected chi connectivity index (χ1v) is 6.22. The number of hydrogen-bond acceptors (Lipinski definition) is 5. The molecule has 106 valence electrons. The van der Waals surface area contributed by atoms with Crippen molar-refractivity contribution < 1.29 is 65.7 Å². The summed E-state index contributed by atoms with van der Waals surface area (Å²) in [4.78, 5) is 15.6. The second-order valence-corrected chi connectivity index (χ2v) is 4.11. The topological polar surface area (TPSA) is 74.6 Å². The number of ether oxygens (including phenoxy) is 2. The van der Waals surface area contributed by atoms with Gasteiger partial charge < -0.3 is 25.1 Å². The molecule has 0 bridgehead atoms. The van der Waals surface area contributed by atoms with Crippen molar-refractivity contribution in [1.82, 2.24) is 4.98 Å². The molecule has 0 fully saturated rings. The van der Waals surface area contributed by atoms with Gasteiger partial charge in [-0.3, -0.25) is 4.79 Å². The van der Waals surface area contributed by atoms with E-state index in [0.717, 1.165) is 0 Å². The van der Waals surface area contributed by atoms with Gasteiger partial charge in [0, 0.05) is 5.69 Å². The van der Waals surface area contributed by atoms with Gasteiger partial charge in [0.25, 0.3) is 0 Å². The molecular weight excluding hydrogens is 285 g/mol. The molecule has 0 aliphatic rings. The summed E-state index contributed by atoms with van der Waals surface area (Å²) >= 11 is 0. The Bertz CT molecular complexity index is 427. The van der Waals surface area contributed by atoms with Gasteiger partial charge in [-0.2, -0.15) is 0 Å². The Labute approximate surface area is 162 Å². The van der Waals surface area contributed by atoms with Gasteiger partial charge in [0.15, 0.2) is 0 Å². The molecule has 0 saturated carbocycles. The van der Waals surface area contributed by atoms with Gasteiger partial charge in [0.2, 0.25) is 0 Å². The Morgan fingerprint density at radius 2 is 2.15 bits per heavy atom. The molecule has 0 amide bonds. The predicted octanol–water partition coefficient (Wildman–Crippen LogP) is -0.517. The first kappa shape index (κ1) is 19.7. The second kappa shape index (κ2) is 10.4. The van der Waals surface area contributed by atoms with Crippen molar-refractivity contribution in [3.05, 3.63) is 17.4 Å². The molecule has 20 heavy (non-hydrogen) atoms. The molecule has 0 unspecified atom stereocenters. The monoisotopic (exact) mass is 305 g/mol. The third-order valence-electron chi connectivity index (χ3n) is 2.17. The summed E-state index contributed by atoms with van der Waals surface area (Å²) in [6.07, 6.45) is 0. The Morgan fingerprint density at radius 3 is 2.70 bits per heavy atom. The first-order chi connectivity index (χ1) is 9.06. The number of carbonyl (C=O) groups excluding carboxylic acids is 1. The molecule has 0 spiro atoms. The smallest absolute Gasteiger partial charge is 0.500 e. The van der Waals surface area contributed by atoms with Crippen LogP contribution >= 0.6 is 0 Å². The zero-order valence-corrected chi connectivity index (χ0v) is 15.9. The van der Waals surface area contributed by atoms with Gasteiger partial charge >= 0.3 is 57.4 Å². The number of anilines is 1. The largest absolute Gasteiger partial charge is 1.00 e. The third kappa shape index (κ3) is 6.89. The van der Waals surface area contributed by atoms with Crippen molar-refractivity contribution in [2.75, 3.05) is 25.6 Å². The molecule has 6 nitrogen and oxygen atoms in total. The van der Waals surface area contributed by atoms with E-state index in [-0.39, 0.29) is 69.9 Å². The Balaban J connectivity index is 0.00000361. The van der Waals surface area contributed by atoms with Crippen LogP contribution in [-0.2, 0) is 9.53 Å². The number of hydrogen-bond donors (Lipinski definition) is 1. The predicted molar refractivity (Wildman–Crippen MR) is 74.1 cm³/mol. The number of carbonyl (C=O) groups is 1. The Morgan fingerprint density at radius 1 is 1.45 bits per heavy atom. The summed E-state index contributed by atoms with van der Waals surface area (Å²) in [6.45, 7) is 6.13. The minimum atomic E-state index is -0.311. The Kier molecular flexibility index (Phi) is 10.2. The standard InChI is InChI=1S/C13H20N3O3.K/c1-5-19-12(17)8-14-10-6-7-11(18-4)16-13(10)15-9(2)3;/h6-7,9,14H,5,8H2,1-4H3;/q-1;+1. The molecule has 1 rings (SSSR count). The van der Waals surface area contributed by atoms with E-state index in [9.17, 15) is 4.79 Å². The fourth-order valence-corrected chi connectivity index (χ4v) is 1.41. The van der Waals surface area contributed by atoms with E-state index in [2.05, 4.69) is 15.6 Å². The fraction of sp³-hybridized carbons (Fsp3) is 0.538. The second-order valence-electron chi connectivity index (χ2n) is 4.11. The normalized spacial score (nSPS) is 9.65. The first-order valence-electron chi connectivity index (χ1n) is 6.22. The number of methoxy groups -OCH3 is 1. The Hall–Kier alpha value is -0.344. The van der Waals surface area contributed by atoms with E-state index in [0.29, 0.717) is 24.0 Å². The van der Waals surface area contributed by atoms with E-state index in [1.54, 1.807) is 26.2 Å². The van der Waals surface area contributed by atoms with Crippen LogP contribution in [0.5, 0.6) is 5.88 Å². The van der Waals surface area contributed by atoms with Gasteiger partial charge in [-0.05, 0) is 30.9 Å². The molecular formula is C13H20KN3O3. The van der Waals surface area contributed by atoms with Crippen LogP contribution in [-0.4, -0.2) is 37.3 Å². The van der Waals surface area contributed by atoms with Gasteiger partial charge in [0.05, 0.1) is 13.7 Å². The molecule has 1 heterocycles. The summed E-state index contributed by atoms with van der Waals surface area (Å²) in [5, 5.41) is 7.35. The van der Waals surface area contributed by atoms with Crippen LogP contribution in [0.4, 0.5) is 11.5 Å². The van der Waals surface area contributed by atoms with Crippen LogP contribution in [0.15, 0.2) is 12.1 Å². The number of aromatic nitrogens is 1. The number of nitrogens with zero attached hydrogens (tertiary/aromatic N) is 2. The van der Waals surface area contributed by atoms with Crippen LogP contribution in [0.1, 0.15) is 20.8 Å². The average molecular weight is 305 g/mol. The van der Waals surface area contributed by atoms with Gasteiger partial charge in [0.1, 0.15) is 12.4 Å². The summed E-state index contributed by atoms with van der Waals surface area (Å²) in [7, 11) is 1.55. The summed E-state index contributed by atoms with van der Waals surface area (Å²) in [6, 6.07) is 3.60. The van der Waals surface area contributed by atoms with E-state index < -0.39 is 0 Å². The minimum absolute atomic E-state index is 0. The van der Waals surface area contributed by atoms with Crippen LogP contribution in [0, 0.1) is 0 Å². The molecule has 1 N–H and O–H groups in total. The third-order valence-corrected chi connectivity index (χ3v) is 2.17. The van der Waals surface area contributed by atoms with E-state index in [1.165, 1.54) is 0 Å². The molecule has 0 saturated heterocycles. The molecule has 0 aliphatic carbocycles. The van der Waals surface area contributed by atoms with Crippen molar-refractivity contribution in [1.29, 1.82) is 0 Å². The number of pyridine rings is 1. The van der Waals surface area contributed by atoms with Crippen molar-refractivity contribution in [3.8, 4) is 5.88 Å². The van der Waals surface area contributed by atoms with Crippen LogP contribution in [0.25, 0.3) is 5.32 Å². The molecule has 0 aromatic carbocycles. The van der Waals surface area contributed by atoms with Crippen molar-refractivity contribution in [2.24, 2.45) is 0 Å². The van der Waals surface area contributed by atoms with Gasteiger partial charge in [-0.25, -0.2) is 0 Å². The molecule has 0 atom stereocenters. The van der Waals surface area contributed by atoms with E-state index in [1.807, 2.05) is 13.8 Å². The maximum absolute atomic E-state index is 11.3. The SMILES string of the molecule is CCOC(=O)CNc1ccc(OC)nc1[N-]C(C)C.[K+]. The van der Waals surface area contributed by atoms with Gasteiger partial charge in [-0.1, -0.05) is 13.8 Å². The van der Waals surface area contributed by atoms with Crippen molar-refractivity contribution in [2.45, 2.75) is 26.8 Å². The van der Waals surface area contributed by atoms with Gasteiger partial charge in [-0.15, -0.1) is 0 Å².